The Labute approximate surface area is 138 Å². The Bertz CT molecular complexity index is 660. The van der Waals surface area contributed by atoms with Crippen LogP contribution in [0.15, 0.2) is 29.4 Å². The molecule has 0 aliphatic rings. The van der Waals surface area contributed by atoms with E-state index in [0.717, 1.165) is 0 Å². The number of hydrogen-bond acceptors (Lipinski definition) is 6. The highest BCUT2D eigenvalue weighted by molar-refractivity contribution is 7.99. The second kappa shape index (κ2) is 7.96. The number of hydrogen-bond donors (Lipinski definition) is 0. The first-order chi connectivity index (χ1) is 11.0. The number of ether oxygens (including phenoxy) is 2. The van der Waals surface area contributed by atoms with Crippen LogP contribution < -0.4 is 4.74 Å². The number of nitrogens with zero attached hydrogens (tertiary/aromatic N) is 3. The zero-order chi connectivity index (χ0) is 16.8. The largest absolute Gasteiger partial charge is 0.483 e. The molecule has 0 radical (unpaired) electrons. The zero-order valence-corrected chi connectivity index (χ0v) is 14.0. The summed E-state index contributed by atoms with van der Waals surface area (Å²) in [6.45, 7) is 3.94. The van der Waals surface area contributed by atoms with Crippen LogP contribution in [0.5, 0.6) is 5.75 Å². The number of rotatable bonds is 7. The van der Waals surface area contributed by atoms with E-state index in [2.05, 4.69) is 10.2 Å². The summed E-state index contributed by atoms with van der Waals surface area (Å²) in [6.07, 6.45) is -0.366. The molecule has 2 aromatic rings. The molecule has 1 unspecified atom stereocenters. The molecule has 23 heavy (non-hydrogen) atoms. The Morgan fingerprint density at radius 2 is 2.04 bits per heavy atom. The molecule has 0 saturated heterocycles. The fourth-order valence-electron chi connectivity index (χ4n) is 1.90. The van der Waals surface area contributed by atoms with Crippen LogP contribution in [0.1, 0.15) is 25.8 Å². The number of carbonyl (C=O) groups excluding carboxylic acids is 1. The van der Waals surface area contributed by atoms with E-state index in [1.54, 1.807) is 30.7 Å². The Hall–Kier alpha value is -2.09. The van der Waals surface area contributed by atoms with Crippen LogP contribution in [0.25, 0.3) is 0 Å². The maximum Gasteiger partial charge on any atom is 0.316 e. The number of carbonyl (C=O) groups is 1. The average molecular weight is 339 g/mol. The van der Waals surface area contributed by atoms with Crippen molar-refractivity contribution in [2.45, 2.75) is 25.1 Å². The van der Waals surface area contributed by atoms with Crippen molar-refractivity contribution in [3.8, 4) is 5.75 Å². The van der Waals surface area contributed by atoms with Crippen molar-refractivity contribution in [2.75, 3.05) is 12.4 Å². The molecule has 0 aliphatic carbocycles. The van der Waals surface area contributed by atoms with Gasteiger partial charge in [0, 0.05) is 7.05 Å². The molecular formula is C15H18FN3O3S. The van der Waals surface area contributed by atoms with Gasteiger partial charge in [0.25, 0.3) is 0 Å². The molecule has 124 valence electrons. The minimum absolute atomic E-state index is 0.174. The molecule has 6 nitrogen and oxygen atoms in total. The van der Waals surface area contributed by atoms with E-state index < -0.39 is 0 Å². The van der Waals surface area contributed by atoms with E-state index >= 15 is 0 Å². The van der Waals surface area contributed by atoms with E-state index in [1.807, 2.05) is 6.92 Å². The first-order valence-electron chi connectivity index (χ1n) is 7.11. The van der Waals surface area contributed by atoms with Gasteiger partial charge in [-0.3, -0.25) is 4.79 Å². The van der Waals surface area contributed by atoms with Gasteiger partial charge in [-0.2, -0.15) is 0 Å². The van der Waals surface area contributed by atoms with E-state index in [4.69, 9.17) is 9.47 Å². The smallest absolute Gasteiger partial charge is 0.316 e. The number of halogens is 1. The standard InChI is InChI=1S/C15H18FN3O3S/c1-4-21-13(20)9-23-15-18-17-14(19(15)3)10(2)22-12-7-5-11(16)6-8-12/h5-8,10H,4,9H2,1-3H3. The lowest BCUT2D eigenvalue weighted by atomic mass is 10.3. The lowest BCUT2D eigenvalue weighted by Gasteiger charge is -2.14. The Morgan fingerprint density at radius 3 is 2.70 bits per heavy atom. The van der Waals surface area contributed by atoms with Gasteiger partial charge in [-0.15, -0.1) is 10.2 Å². The van der Waals surface area contributed by atoms with Gasteiger partial charge in [-0.25, -0.2) is 4.39 Å². The predicted molar refractivity (Wildman–Crippen MR) is 83.8 cm³/mol. The number of benzene rings is 1. The van der Waals surface area contributed by atoms with Crippen LogP contribution in [-0.4, -0.2) is 33.1 Å². The highest BCUT2D eigenvalue weighted by Crippen LogP contribution is 2.23. The molecule has 1 atom stereocenters. The van der Waals surface area contributed by atoms with Gasteiger partial charge in [0.05, 0.1) is 12.4 Å². The molecule has 0 aliphatic heterocycles. The van der Waals surface area contributed by atoms with Gasteiger partial charge in [-0.05, 0) is 38.1 Å². The van der Waals surface area contributed by atoms with Crippen LogP contribution in [-0.2, 0) is 16.6 Å². The lowest BCUT2D eigenvalue weighted by Crippen LogP contribution is -2.11. The summed E-state index contributed by atoms with van der Waals surface area (Å²) in [5.74, 6) is 0.717. The monoisotopic (exact) mass is 339 g/mol. The second-order valence-corrected chi connectivity index (χ2v) is 5.65. The van der Waals surface area contributed by atoms with Crippen LogP contribution in [0.2, 0.25) is 0 Å². The summed E-state index contributed by atoms with van der Waals surface area (Å²) in [4.78, 5) is 11.4. The topological polar surface area (TPSA) is 66.2 Å². The van der Waals surface area contributed by atoms with Gasteiger partial charge in [-0.1, -0.05) is 11.8 Å². The van der Waals surface area contributed by atoms with Crippen molar-refractivity contribution >= 4 is 17.7 Å². The summed E-state index contributed by atoms with van der Waals surface area (Å²) in [6, 6.07) is 5.77. The minimum atomic E-state index is -0.366. The third-order valence-corrected chi connectivity index (χ3v) is 3.98. The molecule has 8 heteroatoms. The molecule has 1 aromatic heterocycles. The van der Waals surface area contributed by atoms with Crippen LogP contribution in [0, 0.1) is 5.82 Å². The third kappa shape index (κ3) is 4.69. The van der Waals surface area contributed by atoms with Crippen molar-refractivity contribution in [3.63, 3.8) is 0 Å². The van der Waals surface area contributed by atoms with Crippen molar-refractivity contribution in [3.05, 3.63) is 35.9 Å². The Kier molecular flexibility index (Phi) is 5.97. The fourth-order valence-corrected chi connectivity index (χ4v) is 2.62. The number of esters is 1. The summed E-state index contributed by atoms with van der Waals surface area (Å²) in [5, 5.41) is 8.75. The van der Waals surface area contributed by atoms with Crippen molar-refractivity contribution in [1.82, 2.24) is 14.8 Å². The van der Waals surface area contributed by atoms with Gasteiger partial charge in [0.2, 0.25) is 0 Å². The molecule has 0 amide bonds. The maximum atomic E-state index is 12.9. The quantitative estimate of drug-likeness (QED) is 0.571. The molecule has 0 bridgehead atoms. The van der Waals surface area contributed by atoms with E-state index in [9.17, 15) is 9.18 Å². The number of aromatic nitrogens is 3. The average Bonchev–Trinajstić information content (AvgIpc) is 2.89. The summed E-state index contributed by atoms with van der Waals surface area (Å²) >= 11 is 1.25. The van der Waals surface area contributed by atoms with E-state index in [1.165, 1.54) is 23.9 Å². The highest BCUT2D eigenvalue weighted by Gasteiger charge is 2.18. The molecule has 0 saturated carbocycles. The number of thioether (sulfide) groups is 1. The van der Waals surface area contributed by atoms with Gasteiger partial charge in [0.15, 0.2) is 17.1 Å². The molecule has 0 N–H and O–H groups in total. The van der Waals surface area contributed by atoms with Crippen LogP contribution in [0.3, 0.4) is 0 Å². The third-order valence-electron chi connectivity index (χ3n) is 2.98. The summed E-state index contributed by atoms with van der Waals surface area (Å²) in [7, 11) is 1.80. The lowest BCUT2D eigenvalue weighted by molar-refractivity contribution is -0.139. The minimum Gasteiger partial charge on any atom is -0.483 e. The molecule has 0 spiro atoms. The van der Waals surface area contributed by atoms with Crippen molar-refractivity contribution < 1.29 is 18.7 Å². The zero-order valence-electron chi connectivity index (χ0n) is 13.2. The van der Waals surface area contributed by atoms with E-state index in [0.29, 0.717) is 23.3 Å². The predicted octanol–water partition coefficient (Wildman–Crippen LogP) is 2.75. The Balaban J connectivity index is 2.00. The molecule has 1 heterocycles. The SMILES string of the molecule is CCOC(=O)CSc1nnc(C(C)Oc2ccc(F)cc2)n1C. The molecule has 2 rings (SSSR count). The van der Waals surface area contributed by atoms with Gasteiger partial charge >= 0.3 is 5.97 Å². The molecular weight excluding hydrogens is 321 g/mol. The van der Waals surface area contributed by atoms with Gasteiger partial charge in [0.1, 0.15) is 11.6 Å². The Morgan fingerprint density at radius 1 is 1.35 bits per heavy atom. The first-order valence-corrected chi connectivity index (χ1v) is 8.09. The molecule has 0 fully saturated rings. The second-order valence-electron chi connectivity index (χ2n) is 4.71. The summed E-state index contributed by atoms with van der Waals surface area (Å²) < 4.78 is 25.3. The van der Waals surface area contributed by atoms with Crippen LogP contribution in [0.4, 0.5) is 4.39 Å². The van der Waals surface area contributed by atoms with Crippen molar-refractivity contribution in [2.24, 2.45) is 7.05 Å². The fraction of sp³-hybridized carbons (Fsp3) is 0.400. The van der Waals surface area contributed by atoms with Crippen molar-refractivity contribution in [1.29, 1.82) is 0 Å². The highest BCUT2D eigenvalue weighted by atomic mass is 32.2. The molecule has 1 aromatic carbocycles. The normalized spacial score (nSPS) is 12.0. The van der Waals surface area contributed by atoms with E-state index in [-0.39, 0.29) is 23.6 Å². The van der Waals surface area contributed by atoms with Crippen LogP contribution >= 0.6 is 11.8 Å². The van der Waals surface area contributed by atoms with Gasteiger partial charge < -0.3 is 14.0 Å². The first kappa shape index (κ1) is 17.3. The maximum absolute atomic E-state index is 12.9. The summed E-state index contributed by atoms with van der Waals surface area (Å²) in [5.41, 5.74) is 0.